The van der Waals surface area contributed by atoms with Gasteiger partial charge in [0.05, 0.1) is 11.7 Å². The molecule has 1 fully saturated rings. The minimum Gasteiger partial charge on any atom is -0.463 e. The quantitative estimate of drug-likeness (QED) is 0.270. The van der Waals surface area contributed by atoms with Crippen molar-refractivity contribution in [1.29, 1.82) is 0 Å². The van der Waals surface area contributed by atoms with E-state index >= 15 is 0 Å². The topological polar surface area (TPSA) is 118 Å². The average molecular weight is 579 g/mol. The zero-order chi connectivity index (χ0) is 28.7. The van der Waals surface area contributed by atoms with Crippen molar-refractivity contribution in [3.8, 4) is 11.3 Å². The molecule has 10 nitrogen and oxygen atoms in total. The van der Waals surface area contributed by atoms with Gasteiger partial charge in [0.2, 0.25) is 0 Å². The molecule has 2 aromatic heterocycles. The van der Waals surface area contributed by atoms with Crippen LogP contribution in [-0.2, 0) is 23.8 Å². The number of hydrogen-bond donors (Lipinski definition) is 1. The van der Waals surface area contributed by atoms with Crippen LogP contribution in [0.2, 0.25) is 5.02 Å². The largest absolute Gasteiger partial charge is 0.463 e. The fourth-order valence-electron chi connectivity index (χ4n) is 4.74. The highest BCUT2D eigenvalue weighted by molar-refractivity contribution is 6.31. The van der Waals surface area contributed by atoms with Crippen LogP contribution in [-0.4, -0.2) is 61.5 Å². The number of aliphatic hydroxyl groups excluding tert-OH is 1. The summed E-state index contributed by atoms with van der Waals surface area (Å²) in [4.78, 5) is 23.7. The second kappa shape index (κ2) is 10.9. The number of fused-ring (bicyclic) bond motifs is 1. The van der Waals surface area contributed by atoms with Gasteiger partial charge in [-0.05, 0) is 36.4 Å². The average Bonchev–Trinajstić information content (AvgIpc) is 3.53. The van der Waals surface area contributed by atoms with E-state index in [0.717, 1.165) is 29.1 Å². The smallest absolute Gasteiger partial charge is 0.303 e. The van der Waals surface area contributed by atoms with Crippen LogP contribution in [0.15, 0.2) is 48.8 Å². The number of ether oxygens (including phenoxy) is 3. The lowest BCUT2D eigenvalue weighted by molar-refractivity contribution is -0.239. The highest BCUT2D eigenvalue weighted by Crippen LogP contribution is 2.39. The molecule has 0 amide bonds. The predicted molar refractivity (Wildman–Crippen MR) is 133 cm³/mol. The SMILES string of the molecule is CC(=O)OC[C@H]1O[C@@H](n2ccc3cc(Cl)ccc32)[C@H](O)[C@@H](n2cc(-c3cc(F)c(F)c(F)c3)nn2)[C@H]1OC(C)=O. The molecule has 1 N–H and O–H groups in total. The summed E-state index contributed by atoms with van der Waals surface area (Å²) in [6.07, 6.45) is -1.95. The number of esters is 2. The molecule has 0 saturated carbocycles. The zero-order valence-electron chi connectivity index (χ0n) is 21.0. The van der Waals surface area contributed by atoms with Gasteiger partial charge in [-0.2, -0.15) is 0 Å². The Morgan fingerprint density at radius 2 is 1.82 bits per heavy atom. The van der Waals surface area contributed by atoms with Gasteiger partial charge in [0.25, 0.3) is 0 Å². The van der Waals surface area contributed by atoms with Crippen molar-refractivity contribution in [3.63, 3.8) is 0 Å². The Bertz CT molecular complexity index is 1570. The number of aromatic nitrogens is 4. The lowest BCUT2D eigenvalue weighted by Crippen LogP contribution is -2.55. The van der Waals surface area contributed by atoms with Crippen molar-refractivity contribution >= 4 is 34.4 Å². The van der Waals surface area contributed by atoms with Crippen LogP contribution < -0.4 is 0 Å². The maximum atomic E-state index is 13.9. The molecule has 210 valence electrons. The van der Waals surface area contributed by atoms with Crippen molar-refractivity contribution in [2.24, 2.45) is 0 Å². The molecule has 3 heterocycles. The second-order valence-electron chi connectivity index (χ2n) is 9.19. The summed E-state index contributed by atoms with van der Waals surface area (Å²) < 4.78 is 60.9. The Kier molecular flexibility index (Phi) is 7.53. The molecule has 4 aromatic rings. The third kappa shape index (κ3) is 5.27. The molecular weight excluding hydrogens is 557 g/mol. The molecule has 14 heteroatoms. The predicted octanol–water partition coefficient (Wildman–Crippen LogP) is 3.96. The van der Waals surface area contributed by atoms with Gasteiger partial charge in [0.15, 0.2) is 29.8 Å². The van der Waals surface area contributed by atoms with E-state index in [0.29, 0.717) is 10.5 Å². The van der Waals surface area contributed by atoms with E-state index in [9.17, 15) is 27.9 Å². The third-order valence-corrected chi connectivity index (χ3v) is 6.70. The molecule has 0 radical (unpaired) electrons. The molecule has 1 saturated heterocycles. The van der Waals surface area contributed by atoms with Crippen LogP contribution in [0.4, 0.5) is 13.2 Å². The number of aliphatic hydroxyl groups is 1. The number of benzene rings is 2. The van der Waals surface area contributed by atoms with E-state index in [4.69, 9.17) is 25.8 Å². The van der Waals surface area contributed by atoms with Gasteiger partial charge in [-0.25, -0.2) is 17.9 Å². The molecular formula is C26H22ClF3N4O6. The number of hydrogen-bond acceptors (Lipinski definition) is 8. The summed E-state index contributed by atoms with van der Waals surface area (Å²) in [7, 11) is 0. The minimum absolute atomic E-state index is 0.0489. The summed E-state index contributed by atoms with van der Waals surface area (Å²) in [5.41, 5.74) is 0.489. The van der Waals surface area contributed by atoms with E-state index in [2.05, 4.69) is 10.3 Å². The lowest BCUT2D eigenvalue weighted by Gasteiger charge is -2.44. The first-order valence-corrected chi connectivity index (χ1v) is 12.4. The molecule has 40 heavy (non-hydrogen) atoms. The van der Waals surface area contributed by atoms with Crippen molar-refractivity contribution in [3.05, 3.63) is 71.3 Å². The maximum absolute atomic E-state index is 13.9. The second-order valence-corrected chi connectivity index (χ2v) is 9.62. The van der Waals surface area contributed by atoms with E-state index in [1.807, 2.05) is 0 Å². The van der Waals surface area contributed by atoms with Gasteiger partial charge in [-0.3, -0.25) is 9.59 Å². The molecule has 1 aliphatic rings. The highest BCUT2D eigenvalue weighted by Gasteiger charge is 2.50. The summed E-state index contributed by atoms with van der Waals surface area (Å²) in [6.45, 7) is 2.01. The maximum Gasteiger partial charge on any atom is 0.303 e. The van der Waals surface area contributed by atoms with Gasteiger partial charge >= 0.3 is 11.9 Å². The molecule has 5 atom stereocenters. The van der Waals surface area contributed by atoms with Crippen LogP contribution in [0.25, 0.3) is 22.2 Å². The molecule has 0 aliphatic carbocycles. The van der Waals surface area contributed by atoms with Gasteiger partial charge in [-0.1, -0.05) is 16.8 Å². The van der Waals surface area contributed by atoms with Gasteiger partial charge in [0.1, 0.15) is 30.6 Å². The highest BCUT2D eigenvalue weighted by atomic mass is 35.5. The summed E-state index contributed by atoms with van der Waals surface area (Å²) >= 11 is 6.12. The van der Waals surface area contributed by atoms with Crippen molar-refractivity contribution in [2.75, 3.05) is 6.61 Å². The van der Waals surface area contributed by atoms with E-state index in [1.54, 1.807) is 35.0 Å². The first-order chi connectivity index (χ1) is 19.0. The molecule has 1 aliphatic heterocycles. The first kappa shape index (κ1) is 27.6. The normalized spacial score (nSPS) is 22.8. The number of carbonyl (C=O) groups is 2. The zero-order valence-corrected chi connectivity index (χ0v) is 21.8. The van der Waals surface area contributed by atoms with Crippen molar-refractivity contribution in [2.45, 2.75) is 44.4 Å². The van der Waals surface area contributed by atoms with Crippen molar-refractivity contribution in [1.82, 2.24) is 19.6 Å². The number of nitrogens with zero attached hydrogens (tertiary/aromatic N) is 4. The fraction of sp³-hybridized carbons (Fsp3) is 0.308. The van der Waals surface area contributed by atoms with Crippen LogP contribution in [0, 0.1) is 17.5 Å². The summed E-state index contributed by atoms with van der Waals surface area (Å²) in [6, 6.07) is 7.20. The van der Waals surface area contributed by atoms with E-state index in [1.165, 1.54) is 13.1 Å². The Morgan fingerprint density at radius 3 is 2.50 bits per heavy atom. The standard InChI is InChI=1S/C26H22ClF3N4O6/c1-12(35)38-11-21-25(39-13(2)36)23(34-10-19(31-32-34)15-8-17(28)22(30)18(29)9-15)24(37)26(40-21)33-6-5-14-7-16(27)3-4-20(14)33/h3-10,21,23-26,37H,11H2,1-2H3/t21-,23-,24-,25+,26-/m1/s1. The van der Waals surface area contributed by atoms with Gasteiger partial charge in [-0.15, -0.1) is 5.10 Å². The Hall–Kier alpha value is -3.94. The Morgan fingerprint density at radius 1 is 1.10 bits per heavy atom. The number of carbonyl (C=O) groups excluding carboxylic acids is 2. The number of halogens is 4. The van der Waals surface area contributed by atoms with Crippen LogP contribution in [0.1, 0.15) is 26.1 Å². The minimum atomic E-state index is -1.64. The van der Waals surface area contributed by atoms with Crippen molar-refractivity contribution < 1.29 is 42.1 Å². The summed E-state index contributed by atoms with van der Waals surface area (Å²) in [5, 5.41) is 20.8. The van der Waals surface area contributed by atoms with Crippen LogP contribution in [0.3, 0.4) is 0 Å². The van der Waals surface area contributed by atoms with Crippen LogP contribution in [0.5, 0.6) is 0 Å². The van der Waals surface area contributed by atoms with Gasteiger partial charge in [0, 0.05) is 36.0 Å². The Balaban J connectivity index is 1.59. The van der Waals surface area contributed by atoms with Gasteiger partial charge < -0.3 is 23.9 Å². The number of rotatable bonds is 6. The molecule has 5 rings (SSSR count). The van der Waals surface area contributed by atoms with E-state index in [-0.39, 0.29) is 17.9 Å². The van der Waals surface area contributed by atoms with E-state index < -0.39 is 60.0 Å². The fourth-order valence-corrected chi connectivity index (χ4v) is 4.92. The molecule has 2 aromatic carbocycles. The first-order valence-electron chi connectivity index (χ1n) is 12.0. The van der Waals surface area contributed by atoms with Crippen LogP contribution >= 0.6 is 11.6 Å². The Labute approximate surface area is 229 Å². The monoisotopic (exact) mass is 578 g/mol. The lowest BCUT2D eigenvalue weighted by atomic mass is 9.94. The third-order valence-electron chi connectivity index (χ3n) is 6.46. The molecule has 0 unspecified atom stereocenters. The molecule has 0 spiro atoms. The summed E-state index contributed by atoms with van der Waals surface area (Å²) in [5.74, 6) is -5.82. The molecule has 0 bridgehead atoms.